The molecule has 3 unspecified atom stereocenters. The smallest absolute Gasteiger partial charge is 0.325 e. The molecule has 3 atom stereocenters. The third kappa shape index (κ3) is 4.73. The van der Waals surface area contributed by atoms with E-state index in [1.165, 1.54) is 24.3 Å². The maximum atomic E-state index is 13.2. The minimum Gasteiger partial charge on any atom is -0.373 e. The second-order valence-electron chi connectivity index (χ2n) is 7.82. The lowest BCUT2D eigenvalue weighted by Gasteiger charge is -2.35. The molecule has 0 aromatic heterocycles. The number of hydrogen-bond donors (Lipinski definition) is 2. The summed E-state index contributed by atoms with van der Waals surface area (Å²) < 4.78 is 18.9. The Morgan fingerprint density at radius 1 is 1.24 bits per heavy atom. The van der Waals surface area contributed by atoms with E-state index in [0.29, 0.717) is 18.7 Å². The Morgan fingerprint density at radius 3 is 2.48 bits per heavy atom. The second-order valence-corrected chi connectivity index (χ2v) is 7.82. The number of nitrogens with one attached hydrogen (secondary N) is 2. The molecule has 0 aliphatic carbocycles. The van der Waals surface area contributed by atoms with Gasteiger partial charge in [-0.05, 0) is 38.5 Å². The van der Waals surface area contributed by atoms with Gasteiger partial charge in [-0.15, -0.1) is 0 Å². The third-order valence-electron chi connectivity index (χ3n) is 5.24. The van der Waals surface area contributed by atoms with Crippen molar-refractivity contribution in [3.63, 3.8) is 0 Å². The van der Waals surface area contributed by atoms with Crippen molar-refractivity contribution in [2.24, 2.45) is 0 Å². The highest BCUT2D eigenvalue weighted by Gasteiger charge is 2.49. The number of carbonyl (C=O) groups excluding carboxylic acids is 3. The largest absolute Gasteiger partial charge is 0.373 e. The van der Waals surface area contributed by atoms with Crippen molar-refractivity contribution < 1.29 is 23.5 Å². The van der Waals surface area contributed by atoms with Crippen LogP contribution in [0.15, 0.2) is 24.3 Å². The van der Waals surface area contributed by atoms with Crippen molar-refractivity contribution >= 4 is 17.8 Å². The highest BCUT2D eigenvalue weighted by Crippen LogP contribution is 2.28. The van der Waals surface area contributed by atoms with Gasteiger partial charge in [0, 0.05) is 26.2 Å². The zero-order valence-electron chi connectivity index (χ0n) is 16.9. The molecule has 29 heavy (non-hydrogen) atoms. The fraction of sp³-hybridized carbons (Fsp3) is 0.550. The monoisotopic (exact) mass is 406 g/mol. The number of imide groups is 1. The fourth-order valence-corrected chi connectivity index (χ4v) is 3.84. The normalized spacial score (nSPS) is 27.8. The van der Waals surface area contributed by atoms with Gasteiger partial charge in [0.2, 0.25) is 5.91 Å². The molecule has 1 aromatic rings. The molecule has 2 N–H and O–H groups in total. The van der Waals surface area contributed by atoms with Gasteiger partial charge in [-0.1, -0.05) is 12.1 Å². The van der Waals surface area contributed by atoms with Gasteiger partial charge in [-0.25, -0.2) is 9.18 Å². The predicted molar refractivity (Wildman–Crippen MR) is 103 cm³/mol. The summed E-state index contributed by atoms with van der Waals surface area (Å²) in [5, 5.41) is 5.36. The Labute approximate surface area is 169 Å². The summed E-state index contributed by atoms with van der Waals surface area (Å²) in [6.07, 6.45) is 0.286. The highest BCUT2D eigenvalue weighted by molar-refractivity contribution is 6.09. The van der Waals surface area contributed by atoms with E-state index in [4.69, 9.17) is 4.74 Å². The lowest BCUT2D eigenvalue weighted by molar-refractivity contribution is -0.134. The number of benzene rings is 1. The number of urea groups is 1. The molecular weight excluding hydrogens is 379 g/mol. The van der Waals surface area contributed by atoms with Crippen molar-refractivity contribution in [1.82, 2.24) is 20.4 Å². The molecule has 9 heteroatoms. The molecule has 2 aliphatic rings. The molecule has 0 radical (unpaired) electrons. The van der Waals surface area contributed by atoms with Gasteiger partial charge in [0.05, 0.1) is 12.2 Å². The molecule has 1 aromatic carbocycles. The summed E-state index contributed by atoms with van der Waals surface area (Å²) in [5.74, 6) is -1.39. The van der Waals surface area contributed by atoms with Crippen LogP contribution < -0.4 is 10.6 Å². The van der Waals surface area contributed by atoms with E-state index in [1.54, 1.807) is 6.92 Å². The van der Waals surface area contributed by atoms with E-state index >= 15 is 0 Å². The molecule has 4 amide bonds. The van der Waals surface area contributed by atoms with Crippen molar-refractivity contribution in [1.29, 1.82) is 0 Å². The Kier molecular flexibility index (Phi) is 6.18. The first-order valence-electron chi connectivity index (χ1n) is 9.73. The second kappa shape index (κ2) is 8.46. The number of halogens is 1. The zero-order chi connectivity index (χ0) is 21.2. The molecule has 8 nitrogen and oxygen atoms in total. The summed E-state index contributed by atoms with van der Waals surface area (Å²) >= 11 is 0. The average Bonchev–Trinajstić information content (AvgIpc) is 2.85. The van der Waals surface area contributed by atoms with Crippen molar-refractivity contribution in [3.05, 3.63) is 35.6 Å². The van der Waals surface area contributed by atoms with E-state index in [1.807, 2.05) is 13.8 Å². The maximum absolute atomic E-state index is 13.2. The van der Waals surface area contributed by atoms with E-state index < -0.39 is 29.2 Å². The van der Waals surface area contributed by atoms with Crippen LogP contribution in [0, 0.1) is 5.82 Å². The van der Waals surface area contributed by atoms with E-state index in [2.05, 4.69) is 15.5 Å². The SMILES string of the molecule is CC1CN(CCNC(=O)CN2C(=O)NC(C)(c3ccc(F)cc3)C2=O)CC(C)O1. The summed E-state index contributed by atoms with van der Waals surface area (Å²) in [6.45, 7) is 7.87. The minimum atomic E-state index is -1.33. The zero-order valence-corrected chi connectivity index (χ0v) is 16.9. The van der Waals surface area contributed by atoms with Crippen molar-refractivity contribution in [3.8, 4) is 0 Å². The molecule has 3 rings (SSSR count). The number of morpholine rings is 1. The molecule has 0 bridgehead atoms. The molecule has 0 spiro atoms. The standard InChI is InChI=1S/C20H27FN4O4/c1-13-10-24(11-14(2)29-13)9-8-22-17(26)12-25-18(27)20(3,23-19(25)28)15-4-6-16(21)7-5-15/h4-7,13-14H,8-12H2,1-3H3,(H,22,26)(H,23,28). The summed E-state index contributed by atoms with van der Waals surface area (Å²) in [7, 11) is 0. The predicted octanol–water partition coefficient (Wildman–Crippen LogP) is 0.818. The van der Waals surface area contributed by atoms with Gasteiger partial charge >= 0.3 is 6.03 Å². The molecule has 2 saturated heterocycles. The number of hydrogen-bond acceptors (Lipinski definition) is 5. The van der Waals surface area contributed by atoms with Gasteiger partial charge in [0.25, 0.3) is 5.91 Å². The number of rotatable bonds is 6. The Morgan fingerprint density at radius 2 is 1.86 bits per heavy atom. The van der Waals surface area contributed by atoms with Crippen LogP contribution in [0.5, 0.6) is 0 Å². The van der Waals surface area contributed by atoms with Gasteiger partial charge < -0.3 is 15.4 Å². The van der Waals surface area contributed by atoms with Crippen LogP contribution in [0.2, 0.25) is 0 Å². The summed E-state index contributed by atoms with van der Waals surface area (Å²) in [5.41, 5.74) is -0.874. The molecule has 2 heterocycles. The average molecular weight is 406 g/mol. The van der Waals surface area contributed by atoms with Gasteiger partial charge in [-0.3, -0.25) is 19.4 Å². The topological polar surface area (TPSA) is 91.0 Å². The summed E-state index contributed by atoms with van der Waals surface area (Å²) in [6, 6.07) is 4.70. The van der Waals surface area contributed by atoms with E-state index in [9.17, 15) is 18.8 Å². The van der Waals surface area contributed by atoms with Crippen LogP contribution in [-0.4, -0.2) is 72.6 Å². The molecular formula is C20H27FN4O4. The Balaban J connectivity index is 1.53. The van der Waals surface area contributed by atoms with Crippen LogP contribution in [0.3, 0.4) is 0 Å². The van der Waals surface area contributed by atoms with Crippen LogP contribution in [-0.2, 0) is 19.9 Å². The van der Waals surface area contributed by atoms with E-state index in [0.717, 1.165) is 18.0 Å². The molecule has 0 saturated carbocycles. The quantitative estimate of drug-likeness (QED) is 0.683. The lowest BCUT2D eigenvalue weighted by atomic mass is 9.92. The first-order valence-corrected chi connectivity index (χ1v) is 9.73. The molecule has 2 fully saturated rings. The summed E-state index contributed by atoms with van der Waals surface area (Å²) in [4.78, 5) is 40.5. The van der Waals surface area contributed by atoms with Crippen LogP contribution >= 0.6 is 0 Å². The number of carbonyl (C=O) groups is 3. The fourth-order valence-electron chi connectivity index (χ4n) is 3.84. The van der Waals surface area contributed by atoms with Gasteiger partial charge in [0.15, 0.2) is 0 Å². The van der Waals surface area contributed by atoms with Crippen LogP contribution in [0.4, 0.5) is 9.18 Å². The first kappa shape index (κ1) is 21.2. The number of ether oxygens (including phenoxy) is 1. The number of nitrogens with zero attached hydrogens (tertiary/aromatic N) is 2. The molecule has 158 valence electrons. The van der Waals surface area contributed by atoms with Gasteiger partial charge in [-0.2, -0.15) is 0 Å². The number of amides is 4. The van der Waals surface area contributed by atoms with E-state index in [-0.39, 0.29) is 18.8 Å². The van der Waals surface area contributed by atoms with Crippen molar-refractivity contribution in [2.45, 2.75) is 38.5 Å². The first-order chi connectivity index (χ1) is 13.7. The van der Waals surface area contributed by atoms with Gasteiger partial charge in [0.1, 0.15) is 17.9 Å². The van der Waals surface area contributed by atoms with Crippen LogP contribution in [0.25, 0.3) is 0 Å². The maximum Gasteiger partial charge on any atom is 0.325 e. The lowest BCUT2D eigenvalue weighted by Crippen LogP contribution is -2.49. The highest BCUT2D eigenvalue weighted by atomic mass is 19.1. The minimum absolute atomic E-state index is 0.143. The Bertz CT molecular complexity index is 777. The third-order valence-corrected chi connectivity index (χ3v) is 5.24. The Hall–Kier alpha value is -2.52. The van der Waals surface area contributed by atoms with Crippen LogP contribution in [0.1, 0.15) is 26.3 Å². The van der Waals surface area contributed by atoms with Crippen molar-refractivity contribution in [2.75, 3.05) is 32.7 Å². The molecule has 2 aliphatic heterocycles.